The van der Waals surface area contributed by atoms with E-state index in [1.54, 1.807) is 36.4 Å². The van der Waals surface area contributed by atoms with Gasteiger partial charge in [-0.1, -0.05) is 23.5 Å². The van der Waals surface area contributed by atoms with Crippen molar-refractivity contribution in [3.05, 3.63) is 78.1 Å². The number of halogens is 1. The molecule has 0 spiro atoms. The summed E-state index contributed by atoms with van der Waals surface area (Å²) in [5.74, 6) is -0.176. The smallest absolute Gasteiger partial charge is 0.263 e. The number of carbonyl (C=O) groups is 1. The highest BCUT2D eigenvalue weighted by Crippen LogP contribution is 2.31. The molecule has 3 aromatic carbocycles. The molecule has 8 nitrogen and oxygen atoms in total. The van der Waals surface area contributed by atoms with E-state index >= 15 is 0 Å². The number of nitrogens with zero attached hydrogens (tertiary/aromatic N) is 4. The number of nitrogens with one attached hydrogen (secondary N) is 1. The molecule has 11 heteroatoms. The summed E-state index contributed by atoms with van der Waals surface area (Å²) in [5, 5.41) is 0.334. The molecule has 0 radical (unpaired) electrons. The van der Waals surface area contributed by atoms with Crippen LogP contribution in [0.3, 0.4) is 0 Å². The van der Waals surface area contributed by atoms with E-state index in [2.05, 4.69) is 19.5 Å². The number of hydrogen-bond donors (Lipinski definition) is 1. The van der Waals surface area contributed by atoms with Gasteiger partial charge in [-0.2, -0.15) is 0 Å². The van der Waals surface area contributed by atoms with Crippen LogP contribution in [0.2, 0.25) is 0 Å². The van der Waals surface area contributed by atoms with Crippen LogP contribution in [0, 0.1) is 5.82 Å². The van der Waals surface area contributed by atoms with Crippen molar-refractivity contribution >= 4 is 54.0 Å². The second kappa shape index (κ2) is 10.7. The molecule has 2 aliphatic heterocycles. The number of piperazine rings is 1. The monoisotopic (exact) mass is 581 g/mol. The number of para-hydroxylation sites is 1. The van der Waals surface area contributed by atoms with Crippen LogP contribution in [0.5, 0.6) is 0 Å². The molecule has 1 aromatic heterocycles. The molecule has 4 aromatic rings. The van der Waals surface area contributed by atoms with Crippen molar-refractivity contribution < 1.29 is 19.0 Å². The first-order valence-electron chi connectivity index (χ1n) is 13.4. The van der Waals surface area contributed by atoms with Gasteiger partial charge in [0.2, 0.25) is 5.91 Å². The molecule has 0 unspecified atom stereocenters. The molecular formula is C29H32FN5O3S2. The van der Waals surface area contributed by atoms with Gasteiger partial charge in [-0.3, -0.25) is 9.52 Å². The van der Waals surface area contributed by atoms with Gasteiger partial charge in [-0.15, -0.1) is 0 Å². The van der Waals surface area contributed by atoms with E-state index in [0.717, 1.165) is 46.5 Å². The topological polar surface area (TPSA) is 85.8 Å². The Morgan fingerprint density at radius 1 is 1.02 bits per heavy atom. The van der Waals surface area contributed by atoms with Crippen molar-refractivity contribution in [1.29, 1.82) is 0 Å². The number of aryl methyl sites for hydroxylation is 1. The lowest BCUT2D eigenvalue weighted by atomic mass is 9.99. The number of fused-ring (bicyclic) bond motifs is 2. The number of rotatable bonds is 6. The lowest BCUT2D eigenvalue weighted by molar-refractivity contribution is -0.132. The van der Waals surface area contributed by atoms with E-state index in [0.29, 0.717) is 31.3 Å². The van der Waals surface area contributed by atoms with Crippen molar-refractivity contribution in [3.63, 3.8) is 0 Å². The third kappa shape index (κ3) is 5.23. The van der Waals surface area contributed by atoms with E-state index in [-0.39, 0.29) is 24.1 Å². The highest BCUT2D eigenvalue weighted by Gasteiger charge is 2.31. The van der Waals surface area contributed by atoms with Crippen LogP contribution >= 0.6 is 11.3 Å². The Morgan fingerprint density at radius 3 is 2.52 bits per heavy atom. The number of benzene rings is 3. The molecule has 2 aliphatic rings. The predicted octanol–water partition coefficient (Wildman–Crippen LogP) is 4.97. The summed E-state index contributed by atoms with van der Waals surface area (Å²) >= 11 is 1.30. The minimum atomic E-state index is -3.77. The average molecular weight is 582 g/mol. The van der Waals surface area contributed by atoms with Crippen LogP contribution in [0.15, 0.2) is 71.6 Å². The summed E-state index contributed by atoms with van der Waals surface area (Å²) in [5.41, 5.74) is 3.56. The van der Waals surface area contributed by atoms with E-state index in [9.17, 15) is 17.6 Å². The van der Waals surface area contributed by atoms with E-state index in [4.69, 9.17) is 0 Å². The van der Waals surface area contributed by atoms with Gasteiger partial charge in [0.05, 0.1) is 15.1 Å². The molecule has 0 bridgehead atoms. The normalized spacial score (nSPS) is 16.6. The predicted molar refractivity (Wildman–Crippen MR) is 159 cm³/mol. The maximum atomic E-state index is 13.7. The highest BCUT2D eigenvalue weighted by atomic mass is 32.2. The third-order valence-electron chi connectivity index (χ3n) is 7.64. The molecule has 6 rings (SSSR count). The van der Waals surface area contributed by atoms with Gasteiger partial charge < -0.3 is 14.7 Å². The Bertz CT molecular complexity index is 1620. The van der Waals surface area contributed by atoms with Crippen molar-refractivity contribution in [1.82, 2.24) is 9.88 Å². The van der Waals surface area contributed by atoms with Crippen molar-refractivity contribution in [2.24, 2.45) is 0 Å². The van der Waals surface area contributed by atoms with Crippen LogP contribution in [0.25, 0.3) is 10.2 Å². The molecule has 0 aliphatic carbocycles. The van der Waals surface area contributed by atoms with Gasteiger partial charge >= 0.3 is 0 Å². The second-order valence-electron chi connectivity index (χ2n) is 10.1. The summed E-state index contributed by atoms with van der Waals surface area (Å²) in [6, 6.07) is 18.8. The molecule has 1 amide bonds. The van der Waals surface area contributed by atoms with Gasteiger partial charge in [0.1, 0.15) is 11.9 Å². The fourth-order valence-corrected chi connectivity index (χ4v) is 7.61. The zero-order valence-corrected chi connectivity index (χ0v) is 23.7. The number of thiazole rings is 1. The lowest BCUT2D eigenvalue weighted by Gasteiger charge is -2.41. The molecule has 1 saturated heterocycles. The van der Waals surface area contributed by atoms with Gasteiger partial charge in [0.15, 0.2) is 5.13 Å². The molecule has 1 atom stereocenters. The summed E-state index contributed by atoms with van der Waals surface area (Å²) in [6.45, 7) is 5.15. The van der Waals surface area contributed by atoms with Gasteiger partial charge in [-0.05, 0) is 79.9 Å². The highest BCUT2D eigenvalue weighted by molar-refractivity contribution is 7.93. The molecule has 3 heterocycles. The average Bonchev–Trinajstić information content (AvgIpc) is 3.37. The number of sulfonamides is 1. The van der Waals surface area contributed by atoms with Crippen LogP contribution in [-0.4, -0.2) is 63.0 Å². The van der Waals surface area contributed by atoms with E-state index in [1.807, 2.05) is 36.1 Å². The Balaban J connectivity index is 0.00000337. The Labute approximate surface area is 238 Å². The number of carbonyl (C=O) groups excluding carboxylic acids is 1. The minimum absolute atomic E-state index is 0. The van der Waals surface area contributed by atoms with Crippen molar-refractivity contribution in [2.75, 3.05) is 47.2 Å². The Kier molecular flexibility index (Phi) is 7.09. The lowest BCUT2D eigenvalue weighted by Crippen LogP contribution is -2.55. The molecule has 1 fully saturated rings. The first-order valence-corrected chi connectivity index (χ1v) is 15.7. The van der Waals surface area contributed by atoms with Gasteiger partial charge in [0, 0.05) is 45.5 Å². The number of anilines is 3. The SMILES string of the molecule is C[C@H](C(=O)N1CCN(c2ccc(S(=O)(=O)Nc3nc4ccccc4s3)cc2)CC1)N1CCCc2cc(F)ccc21.[HH]. The number of hydrogen-bond acceptors (Lipinski definition) is 7. The Hall–Kier alpha value is -3.70. The zero-order valence-electron chi connectivity index (χ0n) is 22.1. The molecular weight excluding hydrogens is 549 g/mol. The maximum Gasteiger partial charge on any atom is 0.263 e. The zero-order chi connectivity index (χ0) is 27.9. The summed E-state index contributed by atoms with van der Waals surface area (Å²) in [6.07, 6.45) is 1.71. The van der Waals surface area contributed by atoms with Crippen LogP contribution in [0.1, 0.15) is 20.3 Å². The third-order valence-corrected chi connectivity index (χ3v) is 10.1. The van der Waals surface area contributed by atoms with Gasteiger partial charge in [0.25, 0.3) is 10.0 Å². The fourth-order valence-electron chi connectivity index (χ4n) is 5.51. The summed E-state index contributed by atoms with van der Waals surface area (Å²) in [7, 11) is -3.77. The minimum Gasteiger partial charge on any atom is -0.368 e. The van der Waals surface area contributed by atoms with Crippen LogP contribution < -0.4 is 14.5 Å². The first kappa shape index (κ1) is 26.5. The first-order chi connectivity index (χ1) is 19.3. The molecule has 0 saturated carbocycles. The summed E-state index contributed by atoms with van der Waals surface area (Å²) < 4.78 is 43.1. The van der Waals surface area contributed by atoms with Crippen LogP contribution in [-0.2, 0) is 21.2 Å². The second-order valence-corrected chi connectivity index (χ2v) is 12.9. The summed E-state index contributed by atoms with van der Waals surface area (Å²) in [4.78, 5) is 24.1. The molecule has 1 N–H and O–H groups in total. The molecule has 40 heavy (non-hydrogen) atoms. The standard InChI is InChI=1S/C29H30FN5O3S2.H2/c1-20(35-14-4-5-21-19-22(30)8-13-26(21)35)28(36)34-17-15-33(16-18-34)23-9-11-24(12-10-23)40(37,38)32-29-31-25-6-2-3-7-27(25)39-29;/h2-3,6-13,19-20H,4-5,14-18H2,1H3,(H,31,32);1H/t20-;/m1./s1. The quantitative estimate of drug-likeness (QED) is 0.346. The number of amides is 1. The van der Waals surface area contributed by atoms with E-state index < -0.39 is 10.0 Å². The maximum absolute atomic E-state index is 13.7. The largest absolute Gasteiger partial charge is 0.368 e. The van der Waals surface area contributed by atoms with Crippen molar-refractivity contribution in [3.8, 4) is 0 Å². The van der Waals surface area contributed by atoms with E-state index in [1.165, 1.54) is 17.4 Å². The van der Waals surface area contributed by atoms with Crippen molar-refractivity contribution in [2.45, 2.75) is 30.7 Å². The fraction of sp³-hybridized carbons (Fsp3) is 0.310. The molecule has 210 valence electrons. The Morgan fingerprint density at radius 2 is 1.77 bits per heavy atom. The van der Waals surface area contributed by atoms with Gasteiger partial charge in [-0.25, -0.2) is 17.8 Å². The van der Waals surface area contributed by atoms with Crippen LogP contribution in [0.4, 0.5) is 20.9 Å². The number of aromatic nitrogens is 1.